The van der Waals surface area contributed by atoms with E-state index in [2.05, 4.69) is 10.3 Å². The first-order valence-corrected chi connectivity index (χ1v) is 6.27. The Balaban J connectivity index is 2.11. The van der Waals surface area contributed by atoms with Gasteiger partial charge in [0.1, 0.15) is 6.04 Å². The maximum Gasteiger partial charge on any atom is 0.326 e. The molecule has 20 heavy (non-hydrogen) atoms. The Labute approximate surface area is 116 Å². The highest BCUT2D eigenvalue weighted by atomic mass is 16.5. The number of aromatic nitrogens is 1. The molecule has 0 aliphatic carbocycles. The molecule has 2 unspecified atom stereocenters. The van der Waals surface area contributed by atoms with Crippen LogP contribution in [0.3, 0.4) is 0 Å². The molecule has 7 heteroatoms. The van der Waals surface area contributed by atoms with E-state index in [9.17, 15) is 14.7 Å². The molecule has 0 bridgehead atoms. The number of hydrogen-bond donors (Lipinski definition) is 2. The number of hydrogen-bond acceptors (Lipinski definition) is 4. The molecular formula is C13H17N3O4. The number of carbonyl (C=O) groups is 2. The van der Waals surface area contributed by atoms with Crippen LogP contribution in [0.2, 0.25) is 0 Å². The van der Waals surface area contributed by atoms with Gasteiger partial charge in [0.15, 0.2) is 0 Å². The molecule has 2 rings (SSSR count). The fourth-order valence-corrected chi connectivity index (χ4v) is 2.23. The van der Waals surface area contributed by atoms with Gasteiger partial charge in [-0.25, -0.2) is 9.59 Å². The number of pyridine rings is 1. The van der Waals surface area contributed by atoms with Gasteiger partial charge in [0.25, 0.3) is 0 Å². The highest BCUT2D eigenvalue weighted by molar-refractivity contribution is 5.93. The number of carboxylic acid groups (broad SMARTS) is 1. The molecule has 2 heterocycles. The van der Waals surface area contributed by atoms with Crippen molar-refractivity contribution in [2.75, 3.05) is 19.0 Å². The third-order valence-corrected chi connectivity index (χ3v) is 3.39. The van der Waals surface area contributed by atoms with Crippen molar-refractivity contribution in [1.29, 1.82) is 0 Å². The van der Waals surface area contributed by atoms with E-state index in [-0.39, 0.29) is 12.6 Å². The molecule has 7 nitrogen and oxygen atoms in total. The van der Waals surface area contributed by atoms with Gasteiger partial charge >= 0.3 is 12.0 Å². The van der Waals surface area contributed by atoms with Crippen molar-refractivity contribution in [1.82, 2.24) is 9.88 Å². The molecule has 108 valence electrons. The molecule has 2 N–H and O–H groups in total. The van der Waals surface area contributed by atoms with Crippen LogP contribution in [0.5, 0.6) is 0 Å². The first kappa shape index (κ1) is 14.3. The monoisotopic (exact) mass is 279 g/mol. The summed E-state index contributed by atoms with van der Waals surface area (Å²) >= 11 is 0. The largest absolute Gasteiger partial charge is 0.480 e. The summed E-state index contributed by atoms with van der Waals surface area (Å²) in [4.78, 5) is 28.8. The van der Waals surface area contributed by atoms with Gasteiger partial charge in [-0.3, -0.25) is 4.98 Å². The molecule has 1 aliphatic heterocycles. The average Bonchev–Trinajstić information content (AvgIpc) is 2.86. The summed E-state index contributed by atoms with van der Waals surface area (Å²) in [5, 5.41) is 11.9. The summed E-state index contributed by atoms with van der Waals surface area (Å²) in [6, 6.07) is 2.11. The third-order valence-electron chi connectivity index (χ3n) is 3.39. The second kappa shape index (κ2) is 5.87. The zero-order valence-corrected chi connectivity index (χ0v) is 11.4. The van der Waals surface area contributed by atoms with Crippen LogP contribution in [0, 0.1) is 6.92 Å². The Bertz CT molecular complexity index is 520. The van der Waals surface area contributed by atoms with Crippen LogP contribution in [0.25, 0.3) is 0 Å². The van der Waals surface area contributed by atoms with Gasteiger partial charge in [-0.1, -0.05) is 0 Å². The molecule has 1 aromatic heterocycles. The Kier molecular flexibility index (Phi) is 4.19. The van der Waals surface area contributed by atoms with Crippen molar-refractivity contribution in [3.8, 4) is 0 Å². The van der Waals surface area contributed by atoms with Crippen molar-refractivity contribution in [2.45, 2.75) is 25.5 Å². The van der Waals surface area contributed by atoms with Gasteiger partial charge in [-0.15, -0.1) is 0 Å². The average molecular weight is 279 g/mol. The Morgan fingerprint density at radius 2 is 2.30 bits per heavy atom. The standard InChI is InChI=1S/C13H17N3O4/c1-8-10(4-3-5-14-8)15-13(19)16-7-9(20-2)6-11(16)12(17)18/h3-5,9,11H,6-7H2,1-2H3,(H,15,19)(H,17,18). The number of aliphatic carboxylic acids is 1. The smallest absolute Gasteiger partial charge is 0.326 e. The van der Waals surface area contributed by atoms with Crippen LogP contribution in [0.1, 0.15) is 12.1 Å². The van der Waals surface area contributed by atoms with E-state index in [0.29, 0.717) is 17.8 Å². The fraction of sp³-hybridized carbons (Fsp3) is 0.462. The van der Waals surface area contributed by atoms with Crippen molar-refractivity contribution >= 4 is 17.7 Å². The molecule has 2 amide bonds. The second-order valence-corrected chi connectivity index (χ2v) is 4.67. The molecule has 0 radical (unpaired) electrons. The molecule has 1 aromatic rings. The van der Waals surface area contributed by atoms with Gasteiger partial charge < -0.3 is 20.1 Å². The predicted octanol–water partition coefficient (Wildman–Crippen LogP) is 1.10. The van der Waals surface area contributed by atoms with Gasteiger partial charge in [0.05, 0.1) is 17.5 Å². The van der Waals surface area contributed by atoms with E-state index in [0.717, 1.165) is 0 Å². The molecule has 1 aliphatic rings. The van der Waals surface area contributed by atoms with E-state index in [1.165, 1.54) is 12.0 Å². The number of nitrogens with zero attached hydrogens (tertiary/aromatic N) is 2. The maximum atomic E-state index is 12.2. The van der Waals surface area contributed by atoms with Crippen molar-refractivity contribution in [2.24, 2.45) is 0 Å². The quantitative estimate of drug-likeness (QED) is 0.864. The lowest BCUT2D eigenvalue weighted by atomic mass is 10.2. The lowest BCUT2D eigenvalue weighted by Crippen LogP contribution is -2.43. The van der Waals surface area contributed by atoms with Crippen LogP contribution in [-0.4, -0.2) is 52.8 Å². The Morgan fingerprint density at radius 3 is 2.90 bits per heavy atom. The number of carboxylic acids is 1. The highest BCUT2D eigenvalue weighted by Gasteiger charge is 2.39. The number of aryl methyl sites for hydroxylation is 1. The van der Waals surface area contributed by atoms with E-state index >= 15 is 0 Å². The minimum Gasteiger partial charge on any atom is -0.480 e. The Morgan fingerprint density at radius 1 is 1.55 bits per heavy atom. The van der Waals surface area contributed by atoms with Crippen LogP contribution >= 0.6 is 0 Å². The zero-order valence-electron chi connectivity index (χ0n) is 11.4. The van der Waals surface area contributed by atoms with Crippen molar-refractivity contribution < 1.29 is 19.4 Å². The van der Waals surface area contributed by atoms with Crippen LogP contribution in [0.4, 0.5) is 10.5 Å². The molecule has 0 spiro atoms. The van der Waals surface area contributed by atoms with Crippen molar-refractivity contribution in [3.05, 3.63) is 24.0 Å². The topological polar surface area (TPSA) is 91.8 Å². The summed E-state index contributed by atoms with van der Waals surface area (Å²) in [7, 11) is 1.51. The molecule has 2 atom stereocenters. The number of rotatable bonds is 3. The maximum absolute atomic E-state index is 12.2. The lowest BCUT2D eigenvalue weighted by molar-refractivity contribution is -0.141. The lowest BCUT2D eigenvalue weighted by Gasteiger charge is -2.22. The zero-order chi connectivity index (χ0) is 14.7. The van der Waals surface area contributed by atoms with E-state index in [1.807, 2.05) is 0 Å². The van der Waals surface area contributed by atoms with E-state index in [4.69, 9.17) is 4.74 Å². The first-order chi connectivity index (χ1) is 9.52. The summed E-state index contributed by atoms with van der Waals surface area (Å²) in [6.45, 7) is 2.03. The van der Waals surface area contributed by atoms with Gasteiger partial charge in [-0.05, 0) is 19.1 Å². The molecule has 1 fully saturated rings. The van der Waals surface area contributed by atoms with Gasteiger partial charge in [-0.2, -0.15) is 0 Å². The minimum atomic E-state index is -1.03. The summed E-state index contributed by atoms with van der Waals surface area (Å²) in [5.74, 6) is -1.03. The highest BCUT2D eigenvalue weighted by Crippen LogP contribution is 2.22. The van der Waals surface area contributed by atoms with E-state index < -0.39 is 18.0 Å². The molecule has 0 saturated carbocycles. The third kappa shape index (κ3) is 2.88. The number of ether oxygens (including phenoxy) is 1. The summed E-state index contributed by atoms with van der Waals surface area (Å²) < 4.78 is 5.15. The SMILES string of the molecule is COC1CC(C(=O)O)N(C(=O)Nc2cccnc2C)C1. The molecule has 1 saturated heterocycles. The number of amides is 2. The number of urea groups is 1. The minimum absolute atomic E-state index is 0.253. The van der Waals surface area contributed by atoms with Crippen molar-refractivity contribution in [3.63, 3.8) is 0 Å². The van der Waals surface area contributed by atoms with Crippen LogP contribution < -0.4 is 5.32 Å². The first-order valence-electron chi connectivity index (χ1n) is 6.27. The fourth-order valence-electron chi connectivity index (χ4n) is 2.23. The molecule has 0 aromatic carbocycles. The van der Waals surface area contributed by atoms with E-state index in [1.54, 1.807) is 25.3 Å². The number of anilines is 1. The number of nitrogens with one attached hydrogen (secondary N) is 1. The predicted molar refractivity (Wildman–Crippen MR) is 71.5 cm³/mol. The normalized spacial score (nSPS) is 21.8. The number of carbonyl (C=O) groups excluding carboxylic acids is 1. The number of methoxy groups -OCH3 is 1. The Hall–Kier alpha value is -2.15. The summed E-state index contributed by atoms with van der Waals surface area (Å²) in [6.07, 6.45) is 1.67. The summed E-state index contributed by atoms with van der Waals surface area (Å²) in [5.41, 5.74) is 1.25. The van der Waals surface area contributed by atoms with Crippen LogP contribution in [0.15, 0.2) is 18.3 Å². The van der Waals surface area contributed by atoms with Crippen LogP contribution in [-0.2, 0) is 9.53 Å². The van der Waals surface area contributed by atoms with Gasteiger partial charge in [0.2, 0.25) is 0 Å². The van der Waals surface area contributed by atoms with Gasteiger partial charge in [0, 0.05) is 26.3 Å². The molecular weight excluding hydrogens is 262 g/mol. The second-order valence-electron chi connectivity index (χ2n) is 4.67. The number of likely N-dealkylation sites (tertiary alicyclic amines) is 1.